The average Bonchev–Trinajstić information content (AvgIpc) is 3.56. The van der Waals surface area contributed by atoms with Crippen LogP contribution in [0.3, 0.4) is 0 Å². The topological polar surface area (TPSA) is 63.7 Å². The Hall–Kier alpha value is -3.21. The summed E-state index contributed by atoms with van der Waals surface area (Å²) in [6.45, 7) is 1.87. The number of anilines is 1. The van der Waals surface area contributed by atoms with Crippen molar-refractivity contribution in [2.75, 3.05) is 11.5 Å². The number of ketones is 1. The number of aryl methyl sites for hydroxylation is 1. The lowest BCUT2D eigenvalue weighted by Crippen LogP contribution is -2.40. The van der Waals surface area contributed by atoms with Crippen LogP contribution in [0.25, 0.3) is 0 Å². The molecule has 2 bridgehead atoms. The summed E-state index contributed by atoms with van der Waals surface area (Å²) in [6.07, 6.45) is 5.49. The monoisotopic (exact) mass is 413 g/mol. The first kappa shape index (κ1) is 18.6. The minimum Gasteiger partial charge on any atom is -0.485 e. The lowest BCUT2D eigenvalue weighted by molar-refractivity contribution is -0.124. The van der Waals surface area contributed by atoms with Crippen LogP contribution >= 0.6 is 0 Å². The molecule has 4 aliphatic carbocycles. The number of benzene rings is 2. The van der Waals surface area contributed by atoms with Gasteiger partial charge in [0, 0.05) is 11.6 Å². The van der Waals surface area contributed by atoms with Crippen LogP contribution < -0.4 is 9.64 Å². The number of imide groups is 1. The van der Waals surface area contributed by atoms with Gasteiger partial charge in [0.25, 0.3) is 0 Å². The zero-order valence-electron chi connectivity index (χ0n) is 17.2. The van der Waals surface area contributed by atoms with E-state index in [0.29, 0.717) is 28.8 Å². The molecule has 156 valence electrons. The van der Waals surface area contributed by atoms with E-state index in [-0.39, 0.29) is 47.9 Å². The summed E-state index contributed by atoms with van der Waals surface area (Å²) in [5.74, 6) is 1.29. The fourth-order valence-corrected chi connectivity index (χ4v) is 5.90. The van der Waals surface area contributed by atoms with Gasteiger partial charge in [-0.3, -0.25) is 14.4 Å². The van der Waals surface area contributed by atoms with Crippen molar-refractivity contribution >= 4 is 23.3 Å². The van der Waals surface area contributed by atoms with E-state index in [4.69, 9.17) is 4.74 Å². The molecule has 0 unspecified atom stereocenters. The molecule has 0 aromatic heterocycles. The highest BCUT2D eigenvalue weighted by atomic mass is 16.5. The van der Waals surface area contributed by atoms with E-state index >= 15 is 0 Å². The summed E-state index contributed by atoms with van der Waals surface area (Å²) in [4.78, 5) is 40.3. The fraction of sp³-hybridized carbons (Fsp3) is 0.346. The fourth-order valence-electron chi connectivity index (χ4n) is 5.90. The molecule has 2 aromatic carbocycles. The largest absolute Gasteiger partial charge is 0.485 e. The standard InChI is InChI=1S/C26H23NO4/c1-14-5-7-15(8-6-14)22(28)13-31-17-4-2-3-16(11-17)27-25(29)23-18-9-10-19(21-12-20(18)21)24(23)26(27)30/h2-11,18-21,23-24H,12-13H2,1H3/t18-,19-,20-,21-,23+,24+/m1/s1. The van der Waals surface area contributed by atoms with E-state index in [1.807, 2.05) is 19.1 Å². The van der Waals surface area contributed by atoms with Crippen LogP contribution in [0.5, 0.6) is 5.75 Å². The highest BCUT2D eigenvalue weighted by Crippen LogP contribution is 2.65. The Kier molecular flexibility index (Phi) is 3.98. The van der Waals surface area contributed by atoms with Crippen LogP contribution in [0.4, 0.5) is 5.69 Å². The number of ether oxygens (including phenoxy) is 1. The number of Topliss-reactive ketones (excluding diaryl/α,β-unsaturated/α-hetero) is 1. The van der Waals surface area contributed by atoms with Gasteiger partial charge in [0.05, 0.1) is 17.5 Å². The summed E-state index contributed by atoms with van der Waals surface area (Å²) in [7, 11) is 0. The van der Waals surface area contributed by atoms with Gasteiger partial charge in [0.1, 0.15) is 5.75 Å². The smallest absolute Gasteiger partial charge is 0.238 e. The first-order valence-corrected chi connectivity index (χ1v) is 10.9. The predicted octanol–water partition coefficient (Wildman–Crippen LogP) is 3.81. The number of allylic oxidation sites excluding steroid dienone is 2. The summed E-state index contributed by atoms with van der Waals surface area (Å²) in [6, 6.07) is 14.3. The number of rotatable bonds is 5. The molecular weight excluding hydrogens is 390 g/mol. The van der Waals surface area contributed by atoms with Crippen molar-refractivity contribution in [1.29, 1.82) is 0 Å². The molecule has 0 radical (unpaired) electrons. The van der Waals surface area contributed by atoms with Gasteiger partial charge in [-0.25, -0.2) is 4.90 Å². The molecule has 1 heterocycles. The van der Waals surface area contributed by atoms with Crippen molar-refractivity contribution < 1.29 is 19.1 Å². The molecule has 5 aliphatic rings. The second kappa shape index (κ2) is 6.64. The Bertz CT molecular complexity index is 1100. The molecule has 0 N–H and O–H groups in total. The van der Waals surface area contributed by atoms with E-state index in [1.165, 1.54) is 4.90 Å². The highest BCUT2D eigenvalue weighted by molar-refractivity contribution is 6.22. The van der Waals surface area contributed by atoms with Crippen molar-refractivity contribution in [1.82, 2.24) is 0 Å². The molecule has 2 aromatic rings. The SMILES string of the molecule is Cc1ccc(C(=O)COc2cccc(N3C(=O)[C@H]4[C@@H]5C=C[C@H]([C@H]6C[C@H]56)[C@@H]4C3=O)c2)cc1. The van der Waals surface area contributed by atoms with Gasteiger partial charge < -0.3 is 4.74 Å². The minimum atomic E-state index is -0.223. The molecular formula is C26H23NO4. The van der Waals surface area contributed by atoms with Gasteiger partial charge in [-0.15, -0.1) is 0 Å². The summed E-state index contributed by atoms with van der Waals surface area (Å²) < 4.78 is 5.71. The van der Waals surface area contributed by atoms with Gasteiger partial charge in [-0.05, 0) is 49.1 Å². The molecule has 31 heavy (non-hydrogen) atoms. The number of carbonyl (C=O) groups is 3. The zero-order chi connectivity index (χ0) is 21.3. The predicted molar refractivity (Wildman–Crippen MR) is 115 cm³/mol. The lowest BCUT2D eigenvalue weighted by Gasteiger charge is -2.37. The third-order valence-electron chi connectivity index (χ3n) is 7.48. The number of hydrogen-bond acceptors (Lipinski definition) is 4. The van der Waals surface area contributed by atoms with Crippen LogP contribution in [-0.2, 0) is 9.59 Å². The maximum absolute atomic E-state index is 13.3. The van der Waals surface area contributed by atoms with Crippen molar-refractivity contribution in [3.63, 3.8) is 0 Å². The third-order valence-corrected chi connectivity index (χ3v) is 7.48. The maximum Gasteiger partial charge on any atom is 0.238 e. The second-order valence-electron chi connectivity index (χ2n) is 9.24. The van der Waals surface area contributed by atoms with Gasteiger partial charge in [-0.1, -0.05) is 48.0 Å². The normalized spacial score (nSPS) is 32.1. The number of hydrogen-bond donors (Lipinski definition) is 0. The first-order valence-electron chi connectivity index (χ1n) is 10.9. The van der Waals surface area contributed by atoms with Crippen LogP contribution in [0.1, 0.15) is 22.3 Å². The van der Waals surface area contributed by atoms with Crippen LogP contribution in [0.15, 0.2) is 60.7 Å². The molecule has 0 spiro atoms. The van der Waals surface area contributed by atoms with Crippen molar-refractivity contribution in [2.45, 2.75) is 13.3 Å². The van der Waals surface area contributed by atoms with Crippen LogP contribution in [0, 0.1) is 42.4 Å². The quantitative estimate of drug-likeness (QED) is 0.425. The summed E-state index contributed by atoms with van der Waals surface area (Å²) in [5, 5.41) is 0. The van der Waals surface area contributed by atoms with Gasteiger partial charge in [0.2, 0.25) is 11.8 Å². The molecule has 2 saturated carbocycles. The third kappa shape index (κ3) is 2.79. The molecule has 2 amide bonds. The minimum absolute atomic E-state index is 0.0902. The number of nitrogens with zero attached hydrogens (tertiary/aromatic N) is 1. The van der Waals surface area contributed by atoms with Crippen molar-refractivity contribution in [2.24, 2.45) is 35.5 Å². The van der Waals surface area contributed by atoms with E-state index < -0.39 is 0 Å². The van der Waals surface area contributed by atoms with E-state index in [1.54, 1.807) is 36.4 Å². The lowest BCUT2D eigenvalue weighted by atomic mass is 9.63. The second-order valence-corrected chi connectivity index (χ2v) is 9.24. The van der Waals surface area contributed by atoms with Crippen LogP contribution in [0.2, 0.25) is 0 Å². The molecule has 1 aliphatic heterocycles. The number of carbonyl (C=O) groups excluding carboxylic acids is 3. The number of amides is 2. The van der Waals surface area contributed by atoms with E-state index in [0.717, 1.165) is 12.0 Å². The zero-order valence-corrected chi connectivity index (χ0v) is 17.2. The average molecular weight is 413 g/mol. The Morgan fingerprint density at radius 2 is 1.61 bits per heavy atom. The van der Waals surface area contributed by atoms with E-state index in [9.17, 15) is 14.4 Å². The highest BCUT2D eigenvalue weighted by Gasteiger charge is 2.67. The van der Waals surface area contributed by atoms with Gasteiger partial charge >= 0.3 is 0 Å². The molecule has 6 atom stereocenters. The molecule has 5 heteroatoms. The van der Waals surface area contributed by atoms with Crippen molar-refractivity contribution in [3.8, 4) is 5.75 Å². The molecule has 3 fully saturated rings. The van der Waals surface area contributed by atoms with Crippen molar-refractivity contribution in [3.05, 3.63) is 71.8 Å². The summed E-state index contributed by atoms with van der Waals surface area (Å²) in [5.41, 5.74) is 2.21. The van der Waals surface area contributed by atoms with Crippen LogP contribution in [-0.4, -0.2) is 24.2 Å². The Balaban J connectivity index is 1.20. The van der Waals surface area contributed by atoms with Gasteiger partial charge in [-0.2, -0.15) is 0 Å². The molecule has 5 nitrogen and oxygen atoms in total. The Labute approximate surface area is 180 Å². The Morgan fingerprint density at radius 1 is 0.968 bits per heavy atom. The molecule has 7 rings (SSSR count). The maximum atomic E-state index is 13.3. The summed E-state index contributed by atoms with van der Waals surface area (Å²) >= 11 is 0. The van der Waals surface area contributed by atoms with E-state index in [2.05, 4.69) is 12.2 Å². The molecule has 1 saturated heterocycles. The van der Waals surface area contributed by atoms with Gasteiger partial charge in [0.15, 0.2) is 12.4 Å². The Morgan fingerprint density at radius 3 is 2.26 bits per heavy atom. The first-order chi connectivity index (χ1) is 15.0.